The molecule has 0 atom stereocenters. The van der Waals surface area contributed by atoms with E-state index in [0.29, 0.717) is 0 Å². The van der Waals surface area contributed by atoms with Crippen molar-refractivity contribution in [1.82, 2.24) is 15.1 Å². The largest absolute Gasteiger partial charge is 0.330 e. The second-order valence-corrected chi connectivity index (χ2v) is 4.40. The summed E-state index contributed by atoms with van der Waals surface area (Å²) < 4.78 is 0. The Bertz CT molecular complexity index is 156. The molecule has 1 rings (SSSR count). The predicted molar refractivity (Wildman–Crippen MR) is 68.2 cm³/mol. The van der Waals surface area contributed by atoms with Gasteiger partial charge in [0.25, 0.3) is 0 Å². The summed E-state index contributed by atoms with van der Waals surface area (Å²) in [6.07, 6.45) is 2.19. The Hall–Kier alpha value is -0.200. The first-order valence-electron chi connectivity index (χ1n) is 6.42. The molecule has 16 heavy (non-hydrogen) atoms. The first-order chi connectivity index (χ1) is 7.86. The fourth-order valence-corrected chi connectivity index (χ4v) is 1.95. The smallest absolute Gasteiger partial charge is 0.0481 e. The Kier molecular flexibility index (Phi) is 7.71. The average Bonchev–Trinajstić information content (AvgIpc) is 2.33. The lowest BCUT2D eigenvalue weighted by Crippen LogP contribution is -2.49. The molecule has 5 heteroatoms. The number of piperazine rings is 1. The molecule has 0 bridgehead atoms. The van der Waals surface area contributed by atoms with Crippen molar-refractivity contribution in [3.05, 3.63) is 0 Å². The van der Waals surface area contributed by atoms with Crippen molar-refractivity contribution < 1.29 is 0 Å². The van der Waals surface area contributed by atoms with E-state index in [1.165, 1.54) is 26.2 Å². The van der Waals surface area contributed by atoms with E-state index in [1.54, 1.807) is 0 Å². The van der Waals surface area contributed by atoms with Crippen LogP contribution < -0.4 is 16.8 Å². The molecule has 1 fully saturated rings. The Morgan fingerprint density at radius 3 is 2.12 bits per heavy atom. The zero-order valence-electron chi connectivity index (χ0n) is 10.3. The van der Waals surface area contributed by atoms with Crippen LogP contribution in [0.1, 0.15) is 12.8 Å². The standard InChI is InChI=1S/C11H27N5/c12-3-1-5-14-11-16-9-7-15(8-10-16)6-2-4-13/h14H,1-13H2. The van der Waals surface area contributed by atoms with Gasteiger partial charge in [-0.25, -0.2) is 0 Å². The molecule has 0 spiro atoms. The zero-order valence-corrected chi connectivity index (χ0v) is 10.3. The molecular weight excluding hydrogens is 202 g/mol. The first kappa shape index (κ1) is 13.9. The van der Waals surface area contributed by atoms with E-state index in [0.717, 1.165) is 45.7 Å². The molecule has 0 aromatic rings. The molecule has 0 aromatic heterocycles. The third kappa shape index (κ3) is 5.77. The SMILES string of the molecule is NCCCNCN1CCN(CCCN)CC1. The van der Waals surface area contributed by atoms with Gasteiger partial charge in [-0.15, -0.1) is 0 Å². The van der Waals surface area contributed by atoms with Gasteiger partial charge in [-0.2, -0.15) is 0 Å². The van der Waals surface area contributed by atoms with Crippen molar-refractivity contribution >= 4 is 0 Å². The molecule has 0 aromatic carbocycles. The molecule has 0 saturated carbocycles. The van der Waals surface area contributed by atoms with Gasteiger partial charge in [0.1, 0.15) is 0 Å². The molecule has 5 N–H and O–H groups in total. The number of nitrogens with zero attached hydrogens (tertiary/aromatic N) is 2. The van der Waals surface area contributed by atoms with Crippen LogP contribution in [0.4, 0.5) is 0 Å². The van der Waals surface area contributed by atoms with Crippen LogP contribution in [0.5, 0.6) is 0 Å². The molecule has 5 nitrogen and oxygen atoms in total. The molecule has 1 aliphatic heterocycles. The summed E-state index contributed by atoms with van der Waals surface area (Å²) in [5.41, 5.74) is 11.0. The number of hydrogen-bond acceptors (Lipinski definition) is 5. The van der Waals surface area contributed by atoms with Crippen LogP contribution in [0.15, 0.2) is 0 Å². The van der Waals surface area contributed by atoms with Crippen molar-refractivity contribution in [2.75, 3.05) is 59.0 Å². The molecule has 0 aliphatic carbocycles. The van der Waals surface area contributed by atoms with Crippen LogP contribution in [0.25, 0.3) is 0 Å². The monoisotopic (exact) mass is 229 g/mol. The Balaban J connectivity index is 1.98. The molecule has 0 unspecified atom stereocenters. The maximum atomic E-state index is 5.51. The molecule has 1 heterocycles. The summed E-state index contributed by atoms with van der Waals surface area (Å²) in [4.78, 5) is 4.97. The Labute approximate surface area is 99.1 Å². The third-order valence-electron chi connectivity index (χ3n) is 3.04. The predicted octanol–water partition coefficient (Wildman–Crippen LogP) is -1.15. The van der Waals surface area contributed by atoms with Crippen molar-refractivity contribution in [3.8, 4) is 0 Å². The van der Waals surface area contributed by atoms with Gasteiger partial charge in [0.05, 0.1) is 0 Å². The van der Waals surface area contributed by atoms with Crippen LogP contribution in [-0.2, 0) is 0 Å². The van der Waals surface area contributed by atoms with Gasteiger partial charge in [0.15, 0.2) is 0 Å². The summed E-state index contributed by atoms with van der Waals surface area (Å²) in [5, 5.41) is 3.42. The first-order valence-corrected chi connectivity index (χ1v) is 6.42. The summed E-state index contributed by atoms with van der Waals surface area (Å²) in [5.74, 6) is 0. The summed E-state index contributed by atoms with van der Waals surface area (Å²) in [7, 11) is 0. The minimum absolute atomic E-state index is 0.778. The van der Waals surface area contributed by atoms with Gasteiger partial charge >= 0.3 is 0 Å². The number of rotatable bonds is 8. The van der Waals surface area contributed by atoms with E-state index in [2.05, 4.69) is 15.1 Å². The van der Waals surface area contributed by atoms with Crippen molar-refractivity contribution in [3.63, 3.8) is 0 Å². The van der Waals surface area contributed by atoms with Crippen LogP contribution in [-0.4, -0.2) is 68.8 Å². The van der Waals surface area contributed by atoms with E-state index in [9.17, 15) is 0 Å². The highest BCUT2D eigenvalue weighted by molar-refractivity contribution is 4.71. The van der Waals surface area contributed by atoms with E-state index in [-0.39, 0.29) is 0 Å². The third-order valence-corrected chi connectivity index (χ3v) is 3.04. The molecule has 96 valence electrons. The minimum atomic E-state index is 0.778. The summed E-state index contributed by atoms with van der Waals surface area (Å²) >= 11 is 0. The minimum Gasteiger partial charge on any atom is -0.330 e. The topological polar surface area (TPSA) is 70.5 Å². The molecular formula is C11H27N5. The average molecular weight is 229 g/mol. The number of nitrogens with one attached hydrogen (secondary N) is 1. The molecule has 0 radical (unpaired) electrons. The zero-order chi connectivity index (χ0) is 11.6. The second-order valence-electron chi connectivity index (χ2n) is 4.40. The highest BCUT2D eigenvalue weighted by Crippen LogP contribution is 2.00. The van der Waals surface area contributed by atoms with Crippen molar-refractivity contribution in [1.29, 1.82) is 0 Å². The quantitative estimate of drug-likeness (QED) is 0.459. The molecule has 1 saturated heterocycles. The second kappa shape index (κ2) is 8.90. The van der Waals surface area contributed by atoms with Gasteiger partial charge in [0, 0.05) is 32.8 Å². The highest BCUT2D eigenvalue weighted by atomic mass is 15.3. The number of hydrogen-bond donors (Lipinski definition) is 3. The Morgan fingerprint density at radius 1 is 0.875 bits per heavy atom. The lowest BCUT2D eigenvalue weighted by Gasteiger charge is -2.34. The normalized spacial score (nSPS) is 19.1. The lowest BCUT2D eigenvalue weighted by atomic mass is 10.3. The van der Waals surface area contributed by atoms with Gasteiger partial charge in [-0.05, 0) is 39.0 Å². The van der Waals surface area contributed by atoms with Gasteiger partial charge < -0.3 is 21.7 Å². The van der Waals surface area contributed by atoms with E-state index in [4.69, 9.17) is 11.5 Å². The lowest BCUT2D eigenvalue weighted by molar-refractivity contribution is 0.125. The fraction of sp³-hybridized carbons (Fsp3) is 1.00. The Morgan fingerprint density at radius 2 is 1.50 bits per heavy atom. The van der Waals surface area contributed by atoms with E-state index < -0.39 is 0 Å². The summed E-state index contributed by atoms with van der Waals surface area (Å²) in [6.45, 7) is 9.47. The van der Waals surface area contributed by atoms with E-state index in [1.807, 2.05) is 0 Å². The van der Waals surface area contributed by atoms with Crippen LogP contribution >= 0.6 is 0 Å². The highest BCUT2D eigenvalue weighted by Gasteiger charge is 2.15. The van der Waals surface area contributed by atoms with Crippen LogP contribution in [0.2, 0.25) is 0 Å². The maximum absolute atomic E-state index is 5.51. The maximum Gasteiger partial charge on any atom is 0.0481 e. The van der Waals surface area contributed by atoms with Crippen molar-refractivity contribution in [2.24, 2.45) is 11.5 Å². The molecule has 0 amide bonds. The fourth-order valence-electron chi connectivity index (χ4n) is 1.95. The van der Waals surface area contributed by atoms with Crippen molar-refractivity contribution in [2.45, 2.75) is 12.8 Å². The van der Waals surface area contributed by atoms with Gasteiger partial charge in [-0.1, -0.05) is 0 Å². The van der Waals surface area contributed by atoms with Crippen LogP contribution in [0, 0.1) is 0 Å². The van der Waals surface area contributed by atoms with Crippen LogP contribution in [0.3, 0.4) is 0 Å². The van der Waals surface area contributed by atoms with Gasteiger partial charge in [0.2, 0.25) is 0 Å². The number of nitrogens with two attached hydrogens (primary N) is 2. The van der Waals surface area contributed by atoms with E-state index >= 15 is 0 Å². The molecule has 1 aliphatic rings. The van der Waals surface area contributed by atoms with Gasteiger partial charge in [-0.3, -0.25) is 4.90 Å². The summed E-state index contributed by atoms with van der Waals surface area (Å²) in [6, 6.07) is 0.